The molecule has 196 valence electrons. The predicted molar refractivity (Wildman–Crippen MR) is 139 cm³/mol. The summed E-state index contributed by atoms with van der Waals surface area (Å²) in [6.07, 6.45) is 1.24. The van der Waals surface area contributed by atoms with Gasteiger partial charge in [-0.2, -0.15) is 0 Å². The molecule has 0 unspecified atom stereocenters. The lowest BCUT2D eigenvalue weighted by molar-refractivity contribution is -0.155. The molecule has 1 aliphatic heterocycles. The fourth-order valence-corrected chi connectivity index (χ4v) is 4.44. The minimum absolute atomic E-state index is 0.00679. The summed E-state index contributed by atoms with van der Waals surface area (Å²) < 4.78 is 27.9. The van der Waals surface area contributed by atoms with Gasteiger partial charge in [0.05, 0.1) is 43.8 Å². The molecular weight excluding hydrogens is 490 g/mol. The van der Waals surface area contributed by atoms with E-state index in [4.69, 9.17) is 23.0 Å². The second kappa shape index (κ2) is 11.5. The van der Waals surface area contributed by atoms with Crippen molar-refractivity contribution >= 4 is 28.8 Å². The van der Waals surface area contributed by atoms with Crippen molar-refractivity contribution in [2.75, 3.05) is 33.0 Å². The minimum Gasteiger partial charge on any atom is -0.466 e. The van der Waals surface area contributed by atoms with Crippen LogP contribution in [-0.4, -0.2) is 45.0 Å². The number of ether oxygens (including phenoxy) is 3. The zero-order chi connectivity index (χ0) is 26.4. The van der Waals surface area contributed by atoms with E-state index in [-0.39, 0.29) is 36.1 Å². The summed E-state index contributed by atoms with van der Waals surface area (Å²) in [6.45, 7) is 1.71. The lowest BCUT2D eigenvalue weighted by Crippen LogP contribution is -2.58. The van der Waals surface area contributed by atoms with Gasteiger partial charge in [-0.3, -0.25) is 14.4 Å². The average Bonchev–Trinajstić information content (AvgIpc) is 3.48. The molecule has 0 N–H and O–H groups in total. The Morgan fingerprint density at radius 2 is 1.63 bits per heavy atom. The van der Waals surface area contributed by atoms with Crippen LogP contribution in [0.25, 0.3) is 22.1 Å². The molecule has 0 atom stereocenters. The third-order valence-electron chi connectivity index (χ3n) is 6.58. The summed E-state index contributed by atoms with van der Waals surface area (Å²) in [6, 6.07) is 20.1. The van der Waals surface area contributed by atoms with Crippen molar-refractivity contribution in [2.24, 2.45) is 0 Å². The normalized spacial score (nSPS) is 14.7. The zero-order valence-corrected chi connectivity index (χ0v) is 20.8. The van der Waals surface area contributed by atoms with E-state index in [2.05, 4.69) is 0 Å². The van der Waals surface area contributed by atoms with Crippen LogP contribution >= 0.6 is 0 Å². The highest BCUT2D eigenvalue weighted by atomic mass is 16.6. The summed E-state index contributed by atoms with van der Waals surface area (Å²) >= 11 is 0. The molecule has 0 saturated carbocycles. The van der Waals surface area contributed by atoms with E-state index in [0.29, 0.717) is 48.9 Å². The Hall–Kier alpha value is -4.21. The van der Waals surface area contributed by atoms with E-state index in [1.807, 2.05) is 42.5 Å². The monoisotopic (exact) mass is 518 g/mol. The van der Waals surface area contributed by atoms with Gasteiger partial charge in [0.15, 0.2) is 11.0 Å². The van der Waals surface area contributed by atoms with Crippen LogP contribution < -0.4 is 9.91 Å². The van der Waals surface area contributed by atoms with Crippen molar-refractivity contribution in [3.05, 3.63) is 89.0 Å². The number of quaternary nitrogens is 1. The number of hydrogen-bond acceptors (Lipinski definition) is 8. The molecule has 4 aromatic rings. The van der Waals surface area contributed by atoms with Crippen LogP contribution in [0.4, 0.5) is 5.88 Å². The van der Waals surface area contributed by atoms with Gasteiger partial charge in [-0.05, 0) is 23.8 Å². The first-order valence-electron chi connectivity index (χ1n) is 12.4. The van der Waals surface area contributed by atoms with Gasteiger partial charge in [0.2, 0.25) is 6.73 Å². The Morgan fingerprint density at radius 3 is 2.37 bits per heavy atom. The molecule has 38 heavy (non-hydrogen) atoms. The van der Waals surface area contributed by atoms with Crippen molar-refractivity contribution in [3.63, 3.8) is 0 Å². The molecule has 0 aliphatic carbocycles. The standard InChI is InChI=1S/C29H28NO8/c31-25-18-26(38-29-23(9-4-10-24(25)29)21-6-2-1-3-7-21)30(13-16-34-17-14-30)20-37-28(33)12-11-27(32)36-19-22-8-5-15-35-22/h1-10,15,18H,11-14,16-17,19-20H2/q+1. The van der Waals surface area contributed by atoms with Crippen LogP contribution in [0.15, 0.2) is 86.6 Å². The van der Waals surface area contributed by atoms with Gasteiger partial charge in [0.25, 0.3) is 0 Å². The lowest BCUT2D eigenvalue weighted by atomic mass is 10.0. The van der Waals surface area contributed by atoms with Crippen molar-refractivity contribution in [1.29, 1.82) is 0 Å². The van der Waals surface area contributed by atoms with Crippen LogP contribution in [0, 0.1) is 0 Å². The molecule has 0 amide bonds. The second-order valence-electron chi connectivity index (χ2n) is 9.09. The summed E-state index contributed by atoms with van der Waals surface area (Å²) in [7, 11) is 0. The molecule has 5 rings (SSSR count). The molecule has 2 aromatic heterocycles. The molecule has 1 saturated heterocycles. The highest BCUT2D eigenvalue weighted by Crippen LogP contribution is 2.32. The fourth-order valence-electron chi connectivity index (χ4n) is 4.44. The zero-order valence-electron chi connectivity index (χ0n) is 20.8. The first kappa shape index (κ1) is 25.4. The smallest absolute Gasteiger partial charge is 0.310 e. The largest absolute Gasteiger partial charge is 0.466 e. The molecule has 0 spiro atoms. The van der Waals surface area contributed by atoms with E-state index in [9.17, 15) is 14.4 Å². The highest BCUT2D eigenvalue weighted by Gasteiger charge is 2.38. The Morgan fingerprint density at radius 1 is 0.868 bits per heavy atom. The molecule has 9 heteroatoms. The van der Waals surface area contributed by atoms with Gasteiger partial charge in [0.1, 0.15) is 25.5 Å². The summed E-state index contributed by atoms with van der Waals surface area (Å²) in [5.41, 5.74) is 2.04. The quantitative estimate of drug-likeness (QED) is 0.237. The van der Waals surface area contributed by atoms with Crippen LogP contribution in [0.1, 0.15) is 18.6 Å². The number of morpholine rings is 1. The number of carbonyl (C=O) groups is 2. The maximum Gasteiger partial charge on any atom is 0.310 e. The third-order valence-corrected chi connectivity index (χ3v) is 6.58. The van der Waals surface area contributed by atoms with Crippen LogP contribution in [0.3, 0.4) is 0 Å². The lowest BCUT2D eigenvalue weighted by Gasteiger charge is -2.37. The summed E-state index contributed by atoms with van der Waals surface area (Å²) in [5.74, 6) is -0.147. The second-order valence-corrected chi connectivity index (χ2v) is 9.09. The van der Waals surface area contributed by atoms with E-state index in [0.717, 1.165) is 11.1 Å². The molecule has 1 fully saturated rings. The van der Waals surface area contributed by atoms with Crippen LogP contribution in [0.5, 0.6) is 0 Å². The summed E-state index contributed by atoms with van der Waals surface area (Å²) in [5, 5.41) is 0.478. The maximum absolute atomic E-state index is 13.2. The molecule has 3 heterocycles. The van der Waals surface area contributed by atoms with Crippen molar-refractivity contribution in [2.45, 2.75) is 19.4 Å². The number of carbonyl (C=O) groups excluding carboxylic acids is 2. The van der Waals surface area contributed by atoms with Crippen molar-refractivity contribution in [1.82, 2.24) is 4.48 Å². The highest BCUT2D eigenvalue weighted by molar-refractivity contribution is 5.92. The van der Waals surface area contributed by atoms with E-state index >= 15 is 0 Å². The Kier molecular flexibility index (Phi) is 7.67. The van der Waals surface area contributed by atoms with Gasteiger partial charge >= 0.3 is 17.8 Å². The Bertz CT molecular complexity index is 1450. The number of furan rings is 1. The van der Waals surface area contributed by atoms with Crippen LogP contribution in [-0.2, 0) is 30.4 Å². The van der Waals surface area contributed by atoms with Gasteiger partial charge in [0, 0.05) is 5.56 Å². The number of esters is 2. The number of benzene rings is 2. The van der Waals surface area contributed by atoms with Gasteiger partial charge < -0.3 is 23.0 Å². The average molecular weight is 519 g/mol. The molecule has 1 aliphatic rings. The summed E-state index contributed by atoms with van der Waals surface area (Å²) in [4.78, 5) is 37.7. The third kappa shape index (κ3) is 5.69. The molecular formula is C29H28NO8+. The molecule has 2 aromatic carbocycles. The number of fused-ring (bicyclic) bond motifs is 1. The SMILES string of the molecule is O=C(CCC(=O)OC[N+]1(c2cc(=O)c3cccc(-c4ccccc4)c3o2)CCOCC1)OCc1ccco1. The predicted octanol–water partition coefficient (Wildman–Crippen LogP) is 4.41. The number of hydrogen-bond donors (Lipinski definition) is 0. The van der Waals surface area contributed by atoms with E-state index < -0.39 is 11.9 Å². The molecule has 0 radical (unpaired) electrons. The fraction of sp³-hybridized carbons (Fsp3) is 0.276. The first-order valence-corrected chi connectivity index (χ1v) is 12.4. The van der Waals surface area contributed by atoms with Crippen molar-refractivity contribution < 1.29 is 32.6 Å². The Balaban J connectivity index is 1.33. The van der Waals surface area contributed by atoms with Gasteiger partial charge in [-0.1, -0.05) is 42.5 Å². The van der Waals surface area contributed by atoms with Gasteiger partial charge in [-0.25, -0.2) is 4.48 Å². The number of rotatable bonds is 9. The van der Waals surface area contributed by atoms with E-state index in [1.54, 1.807) is 18.2 Å². The number of nitrogens with zero attached hydrogens (tertiary/aromatic N) is 1. The van der Waals surface area contributed by atoms with Crippen LogP contribution in [0.2, 0.25) is 0 Å². The van der Waals surface area contributed by atoms with Crippen molar-refractivity contribution in [3.8, 4) is 11.1 Å². The van der Waals surface area contributed by atoms with E-state index in [1.165, 1.54) is 12.3 Å². The van der Waals surface area contributed by atoms with Gasteiger partial charge in [-0.15, -0.1) is 0 Å². The Labute approximate surface area is 218 Å². The number of para-hydroxylation sites is 1. The molecule has 9 nitrogen and oxygen atoms in total. The maximum atomic E-state index is 13.2. The minimum atomic E-state index is -0.544. The first-order chi connectivity index (χ1) is 18.5. The topological polar surface area (TPSA) is 105 Å². The molecule has 0 bridgehead atoms.